The highest BCUT2D eigenvalue weighted by Gasteiger charge is 2.23. The maximum Gasteiger partial charge on any atom is 0.470 e. The van der Waals surface area contributed by atoms with Crippen molar-refractivity contribution >= 4 is 7.82 Å². The van der Waals surface area contributed by atoms with Crippen LogP contribution in [0, 0.1) is 17.1 Å². The molecule has 0 spiro atoms. The molecule has 0 aliphatic heterocycles. The van der Waals surface area contributed by atoms with Gasteiger partial charge >= 0.3 is 7.82 Å². The summed E-state index contributed by atoms with van der Waals surface area (Å²) < 4.78 is 40.6. The van der Waals surface area contributed by atoms with Crippen molar-refractivity contribution in [3.63, 3.8) is 0 Å². The first kappa shape index (κ1) is 34.7. The minimum atomic E-state index is -4.71. The number of nitrogens with zero attached hydrogens (tertiary/aromatic N) is 1. The minimum absolute atomic E-state index is 0.0174. The third kappa shape index (κ3) is 20.6. The van der Waals surface area contributed by atoms with Crippen molar-refractivity contribution in [3.05, 3.63) is 35.1 Å². The standard InChI is InChI=1S/C29H49FNO6P/c1-2-3-4-5-6-7-8-9-10-11-12-13-14-15-16-17-18-35-24-29(37-38(32,33)34)25-36-23-27-19-26(22-31)20-28(30)21-27/h19-21,29H,2-18,23-25H2,1H3,(H2,32,33,34). The lowest BCUT2D eigenvalue weighted by atomic mass is 10.0. The van der Waals surface area contributed by atoms with Gasteiger partial charge in [0.1, 0.15) is 11.9 Å². The quantitative estimate of drug-likeness (QED) is 0.0927. The SMILES string of the molecule is CCCCCCCCCCCCCCCCCCOCC(COCc1cc(F)cc(C#N)c1)OP(=O)(O)O. The molecule has 7 nitrogen and oxygen atoms in total. The van der Waals surface area contributed by atoms with Gasteiger partial charge in [-0.15, -0.1) is 0 Å². The van der Waals surface area contributed by atoms with E-state index in [0.717, 1.165) is 25.3 Å². The van der Waals surface area contributed by atoms with Crippen LogP contribution in [0.5, 0.6) is 0 Å². The van der Waals surface area contributed by atoms with Crippen LogP contribution in [0.3, 0.4) is 0 Å². The van der Waals surface area contributed by atoms with Gasteiger partial charge in [-0.3, -0.25) is 4.52 Å². The Morgan fingerprint density at radius 3 is 1.82 bits per heavy atom. The van der Waals surface area contributed by atoms with Crippen LogP contribution < -0.4 is 0 Å². The van der Waals surface area contributed by atoms with E-state index in [1.54, 1.807) is 0 Å². The van der Waals surface area contributed by atoms with E-state index in [9.17, 15) is 8.96 Å². The van der Waals surface area contributed by atoms with E-state index in [-0.39, 0.29) is 25.4 Å². The number of rotatable bonds is 25. The van der Waals surface area contributed by atoms with Gasteiger partial charge in [-0.25, -0.2) is 8.96 Å². The molecule has 38 heavy (non-hydrogen) atoms. The van der Waals surface area contributed by atoms with Crippen molar-refractivity contribution in [1.82, 2.24) is 0 Å². The van der Waals surface area contributed by atoms with Crippen LogP contribution in [0.2, 0.25) is 0 Å². The van der Waals surface area contributed by atoms with Gasteiger partial charge in [0.05, 0.1) is 31.5 Å². The molecule has 0 bridgehead atoms. The Kier molecular flexibility index (Phi) is 20.5. The van der Waals surface area contributed by atoms with Crippen molar-refractivity contribution in [2.75, 3.05) is 19.8 Å². The maximum atomic E-state index is 13.5. The van der Waals surface area contributed by atoms with Gasteiger partial charge in [0.25, 0.3) is 0 Å². The second-order valence-corrected chi connectivity index (χ2v) is 11.3. The van der Waals surface area contributed by atoms with E-state index in [1.165, 1.54) is 95.6 Å². The minimum Gasteiger partial charge on any atom is -0.379 e. The number of hydrogen-bond donors (Lipinski definition) is 2. The predicted octanol–water partition coefficient (Wildman–Crippen LogP) is 7.97. The lowest BCUT2D eigenvalue weighted by Crippen LogP contribution is -2.25. The molecule has 0 saturated heterocycles. The fourth-order valence-corrected chi connectivity index (χ4v) is 4.89. The molecule has 0 radical (unpaired) electrons. The summed E-state index contributed by atoms with van der Waals surface area (Å²) in [6.45, 7) is 2.56. The van der Waals surface area contributed by atoms with E-state index in [1.807, 2.05) is 6.07 Å². The molecule has 0 aliphatic rings. The highest BCUT2D eigenvalue weighted by Crippen LogP contribution is 2.37. The van der Waals surface area contributed by atoms with E-state index < -0.39 is 19.7 Å². The van der Waals surface area contributed by atoms with E-state index in [4.69, 9.17) is 29.0 Å². The van der Waals surface area contributed by atoms with Crippen LogP contribution in [0.15, 0.2) is 18.2 Å². The topological polar surface area (TPSA) is 109 Å². The Balaban J connectivity index is 2.05. The van der Waals surface area contributed by atoms with Crippen LogP contribution in [0.1, 0.15) is 121 Å². The molecule has 1 rings (SSSR count). The molecule has 218 valence electrons. The molecule has 0 fully saturated rings. The molecule has 1 aromatic carbocycles. The second-order valence-electron chi connectivity index (χ2n) is 10.1. The van der Waals surface area contributed by atoms with Crippen molar-refractivity contribution < 1.29 is 32.7 Å². The van der Waals surface area contributed by atoms with Crippen molar-refractivity contribution in [2.24, 2.45) is 0 Å². The molecule has 0 heterocycles. The average molecular weight is 558 g/mol. The Morgan fingerprint density at radius 1 is 0.816 bits per heavy atom. The highest BCUT2D eigenvalue weighted by atomic mass is 31.2. The van der Waals surface area contributed by atoms with Gasteiger partial charge in [-0.1, -0.05) is 103 Å². The van der Waals surface area contributed by atoms with Gasteiger partial charge in [-0.05, 0) is 30.2 Å². The lowest BCUT2D eigenvalue weighted by Gasteiger charge is -2.18. The number of nitriles is 1. The molecule has 1 unspecified atom stereocenters. The largest absolute Gasteiger partial charge is 0.470 e. The molecular weight excluding hydrogens is 508 g/mol. The molecule has 0 saturated carbocycles. The molecule has 0 aliphatic carbocycles. The summed E-state index contributed by atoms with van der Waals surface area (Å²) in [5.41, 5.74) is 0.624. The summed E-state index contributed by atoms with van der Waals surface area (Å²) in [6.07, 6.45) is 19.7. The smallest absolute Gasteiger partial charge is 0.379 e. The van der Waals surface area contributed by atoms with Gasteiger partial charge < -0.3 is 19.3 Å². The molecule has 0 amide bonds. The Hall–Kier alpha value is -1.33. The van der Waals surface area contributed by atoms with E-state index >= 15 is 0 Å². The highest BCUT2D eigenvalue weighted by molar-refractivity contribution is 7.46. The monoisotopic (exact) mass is 557 g/mol. The summed E-state index contributed by atoms with van der Waals surface area (Å²) in [5.74, 6) is -0.548. The van der Waals surface area contributed by atoms with Crippen molar-refractivity contribution in [3.8, 4) is 6.07 Å². The number of phosphoric ester groups is 1. The fraction of sp³-hybridized carbons (Fsp3) is 0.759. The Morgan fingerprint density at radius 2 is 1.32 bits per heavy atom. The number of benzene rings is 1. The van der Waals surface area contributed by atoms with Crippen molar-refractivity contribution in [2.45, 2.75) is 122 Å². The lowest BCUT2D eigenvalue weighted by molar-refractivity contribution is -0.0231. The molecule has 9 heteroatoms. The summed E-state index contributed by atoms with van der Waals surface area (Å²) in [4.78, 5) is 18.3. The third-order valence-electron chi connectivity index (χ3n) is 6.39. The Labute approximate surface area is 229 Å². The van der Waals surface area contributed by atoms with Crippen LogP contribution in [-0.2, 0) is 25.2 Å². The van der Waals surface area contributed by atoms with Crippen LogP contribution in [-0.4, -0.2) is 35.7 Å². The average Bonchev–Trinajstić information content (AvgIpc) is 2.86. The molecule has 1 aromatic rings. The first-order chi connectivity index (χ1) is 18.3. The molecular formula is C29H49FNO6P. The van der Waals surface area contributed by atoms with E-state index in [2.05, 4.69) is 6.92 Å². The summed E-state index contributed by atoms with van der Waals surface area (Å²) in [7, 11) is -4.71. The molecule has 2 N–H and O–H groups in total. The first-order valence-electron chi connectivity index (χ1n) is 14.4. The molecule has 1 atom stereocenters. The zero-order chi connectivity index (χ0) is 27.9. The Bertz CT molecular complexity index is 813. The zero-order valence-corrected chi connectivity index (χ0v) is 24.1. The fourth-order valence-electron chi connectivity index (χ4n) is 4.38. The number of phosphoric acid groups is 1. The number of ether oxygens (including phenoxy) is 2. The molecule has 0 aromatic heterocycles. The second kappa shape index (κ2) is 22.5. The van der Waals surface area contributed by atoms with E-state index in [0.29, 0.717) is 12.2 Å². The summed E-state index contributed by atoms with van der Waals surface area (Å²) in [6, 6.07) is 5.73. The number of halogens is 1. The van der Waals surface area contributed by atoms with Crippen LogP contribution in [0.25, 0.3) is 0 Å². The van der Waals surface area contributed by atoms with Gasteiger partial charge in [-0.2, -0.15) is 5.26 Å². The first-order valence-corrected chi connectivity index (χ1v) is 16.0. The normalized spacial score (nSPS) is 12.5. The van der Waals surface area contributed by atoms with Crippen LogP contribution >= 0.6 is 7.82 Å². The zero-order valence-electron chi connectivity index (χ0n) is 23.3. The van der Waals surface area contributed by atoms with Gasteiger partial charge in [0.15, 0.2) is 0 Å². The number of hydrogen-bond acceptors (Lipinski definition) is 5. The predicted molar refractivity (Wildman–Crippen MR) is 148 cm³/mol. The van der Waals surface area contributed by atoms with Gasteiger partial charge in [0, 0.05) is 6.61 Å². The summed E-state index contributed by atoms with van der Waals surface area (Å²) >= 11 is 0. The van der Waals surface area contributed by atoms with Crippen molar-refractivity contribution in [1.29, 1.82) is 5.26 Å². The number of unbranched alkanes of at least 4 members (excludes halogenated alkanes) is 15. The maximum absolute atomic E-state index is 13.5. The summed E-state index contributed by atoms with van der Waals surface area (Å²) in [5, 5.41) is 8.93. The van der Waals surface area contributed by atoms with Crippen LogP contribution in [0.4, 0.5) is 4.39 Å². The van der Waals surface area contributed by atoms with Gasteiger partial charge in [0.2, 0.25) is 0 Å². The third-order valence-corrected chi connectivity index (χ3v) is 6.96.